The van der Waals surface area contributed by atoms with Gasteiger partial charge in [0, 0.05) is 26.2 Å². The largest absolute Gasteiger partial charge is 0.342 e. The van der Waals surface area contributed by atoms with Crippen molar-refractivity contribution in [1.29, 1.82) is 0 Å². The number of hydrogen-bond donors (Lipinski definition) is 0. The number of halogens is 2. The van der Waals surface area contributed by atoms with Gasteiger partial charge < -0.3 is 4.90 Å². The second-order valence-electron chi connectivity index (χ2n) is 10.7. The van der Waals surface area contributed by atoms with Crippen molar-refractivity contribution in [3.05, 3.63) is 71.3 Å². The zero-order valence-electron chi connectivity index (χ0n) is 19.4. The lowest BCUT2D eigenvalue weighted by molar-refractivity contribution is -0.138. The number of benzene rings is 2. The van der Waals surface area contributed by atoms with Crippen LogP contribution < -0.4 is 0 Å². The smallest absolute Gasteiger partial charge is 0.228 e. The zero-order valence-corrected chi connectivity index (χ0v) is 19.4. The van der Waals surface area contributed by atoms with Crippen molar-refractivity contribution in [2.75, 3.05) is 26.2 Å². The predicted octanol–water partition coefficient (Wildman–Crippen LogP) is 5.80. The highest BCUT2D eigenvalue weighted by Crippen LogP contribution is 2.44. The summed E-state index contributed by atoms with van der Waals surface area (Å²) in [7, 11) is 0. The molecule has 0 saturated carbocycles. The summed E-state index contributed by atoms with van der Waals surface area (Å²) in [6.45, 7) is 9.92. The molecule has 2 fully saturated rings. The fourth-order valence-corrected chi connectivity index (χ4v) is 5.15. The van der Waals surface area contributed by atoms with Gasteiger partial charge in [-0.1, -0.05) is 45.0 Å². The van der Waals surface area contributed by atoms with Crippen molar-refractivity contribution in [1.82, 2.24) is 9.80 Å². The minimum atomic E-state index is -0.267. The van der Waals surface area contributed by atoms with Crippen LogP contribution in [0.15, 0.2) is 48.5 Å². The van der Waals surface area contributed by atoms with Crippen LogP contribution >= 0.6 is 0 Å². The van der Waals surface area contributed by atoms with E-state index in [2.05, 4.69) is 30.6 Å². The van der Waals surface area contributed by atoms with E-state index in [1.54, 1.807) is 0 Å². The molecule has 2 heterocycles. The van der Waals surface area contributed by atoms with Gasteiger partial charge in [0.25, 0.3) is 0 Å². The minimum Gasteiger partial charge on any atom is -0.342 e. The number of carbonyl (C=O) groups is 1. The summed E-state index contributed by atoms with van der Waals surface area (Å²) < 4.78 is 27.1. The van der Waals surface area contributed by atoms with E-state index in [9.17, 15) is 13.6 Å². The van der Waals surface area contributed by atoms with Crippen LogP contribution in [0.4, 0.5) is 8.78 Å². The molecule has 2 aliphatic heterocycles. The maximum Gasteiger partial charge on any atom is 0.228 e. The number of carbonyl (C=O) groups excluding carboxylic acids is 1. The predicted molar refractivity (Wildman–Crippen MR) is 123 cm³/mol. The minimum absolute atomic E-state index is 0.0814. The molecule has 32 heavy (non-hydrogen) atoms. The van der Waals surface area contributed by atoms with Gasteiger partial charge in [-0.3, -0.25) is 9.69 Å². The number of likely N-dealkylation sites (tertiary alicyclic amines) is 2. The maximum atomic E-state index is 13.6. The van der Waals surface area contributed by atoms with E-state index >= 15 is 0 Å². The molecule has 2 aromatic carbocycles. The number of rotatable bonds is 5. The average Bonchev–Trinajstić information content (AvgIpc) is 3.05. The molecule has 4 rings (SSSR count). The lowest BCUT2D eigenvalue weighted by Gasteiger charge is -2.42. The Kier molecular flexibility index (Phi) is 6.39. The molecule has 0 N–H and O–H groups in total. The van der Waals surface area contributed by atoms with E-state index in [0.29, 0.717) is 5.91 Å². The molecule has 0 atom stereocenters. The van der Waals surface area contributed by atoms with Crippen LogP contribution in [-0.4, -0.2) is 41.9 Å². The van der Waals surface area contributed by atoms with E-state index in [4.69, 9.17) is 0 Å². The molecule has 1 amide bonds. The summed E-state index contributed by atoms with van der Waals surface area (Å²) in [5.41, 5.74) is 1.94. The maximum absolute atomic E-state index is 13.6. The van der Waals surface area contributed by atoms with Crippen LogP contribution in [0.5, 0.6) is 0 Å². The molecule has 0 aliphatic carbocycles. The van der Waals surface area contributed by atoms with Crippen molar-refractivity contribution >= 4 is 5.91 Å². The number of hydrogen-bond acceptors (Lipinski definition) is 2. The molecular weight excluding hydrogens is 406 g/mol. The Morgan fingerprint density at radius 3 is 1.78 bits per heavy atom. The van der Waals surface area contributed by atoms with Gasteiger partial charge in [-0.15, -0.1) is 0 Å². The quantitative estimate of drug-likeness (QED) is 0.586. The molecule has 2 aliphatic rings. The Morgan fingerprint density at radius 1 is 0.844 bits per heavy atom. The number of amides is 1. The first-order chi connectivity index (χ1) is 15.2. The molecule has 5 heteroatoms. The monoisotopic (exact) mass is 440 g/mol. The fraction of sp³-hybridized carbons (Fsp3) is 0.519. The standard InChI is InChI=1S/C27H34F2N2O/c1-26(2,3)12-16-31-19-15-27(25(31)32)13-17-30(18-14-27)24(20-4-8-22(28)9-5-20)21-6-10-23(29)11-7-21/h4-11,24H,12-19H2,1-3H3. The zero-order chi connectivity index (χ0) is 22.9. The summed E-state index contributed by atoms with van der Waals surface area (Å²) in [5.74, 6) is -0.214. The van der Waals surface area contributed by atoms with E-state index in [-0.39, 0.29) is 28.5 Å². The van der Waals surface area contributed by atoms with Crippen molar-refractivity contribution in [3.8, 4) is 0 Å². The molecule has 0 aromatic heterocycles. The Labute approximate surface area is 190 Å². The third-order valence-electron chi connectivity index (χ3n) is 7.22. The number of nitrogens with zero attached hydrogens (tertiary/aromatic N) is 2. The Hall–Kier alpha value is -2.27. The van der Waals surface area contributed by atoms with Crippen molar-refractivity contribution in [3.63, 3.8) is 0 Å². The molecule has 2 aromatic rings. The van der Waals surface area contributed by atoms with E-state index in [1.807, 2.05) is 24.3 Å². The van der Waals surface area contributed by atoms with Gasteiger partial charge in [-0.25, -0.2) is 8.78 Å². The highest BCUT2D eigenvalue weighted by molar-refractivity contribution is 5.85. The third-order valence-corrected chi connectivity index (χ3v) is 7.22. The lowest BCUT2D eigenvalue weighted by atomic mass is 9.76. The van der Waals surface area contributed by atoms with Gasteiger partial charge in [0.1, 0.15) is 11.6 Å². The van der Waals surface area contributed by atoms with Crippen LogP contribution in [0.2, 0.25) is 0 Å². The van der Waals surface area contributed by atoms with Crippen LogP contribution in [0.25, 0.3) is 0 Å². The fourth-order valence-electron chi connectivity index (χ4n) is 5.15. The highest BCUT2D eigenvalue weighted by atomic mass is 19.1. The van der Waals surface area contributed by atoms with Crippen molar-refractivity contribution in [2.24, 2.45) is 10.8 Å². The topological polar surface area (TPSA) is 23.6 Å². The first-order valence-corrected chi connectivity index (χ1v) is 11.7. The van der Waals surface area contributed by atoms with Gasteiger partial charge in [-0.2, -0.15) is 0 Å². The van der Waals surface area contributed by atoms with Crippen molar-refractivity contribution in [2.45, 2.75) is 52.5 Å². The summed E-state index contributed by atoms with van der Waals surface area (Å²) in [6.07, 6.45) is 3.60. The van der Waals surface area contributed by atoms with E-state index < -0.39 is 0 Å². The van der Waals surface area contributed by atoms with Gasteiger partial charge in [0.05, 0.1) is 11.5 Å². The molecule has 0 unspecified atom stereocenters. The van der Waals surface area contributed by atoms with E-state index in [1.165, 1.54) is 24.3 Å². The molecular formula is C27H34F2N2O. The van der Waals surface area contributed by atoms with Crippen LogP contribution in [-0.2, 0) is 4.79 Å². The van der Waals surface area contributed by atoms with Crippen LogP contribution in [0.3, 0.4) is 0 Å². The SMILES string of the molecule is CC(C)(C)CCN1CCC2(CCN(C(c3ccc(F)cc3)c3ccc(F)cc3)CC2)C1=O. The summed E-state index contributed by atoms with van der Waals surface area (Å²) in [4.78, 5) is 17.7. The summed E-state index contributed by atoms with van der Waals surface area (Å²) in [5, 5.41) is 0. The molecule has 172 valence electrons. The molecule has 1 spiro atoms. The molecule has 2 saturated heterocycles. The first-order valence-electron chi connectivity index (χ1n) is 11.7. The Bertz CT molecular complexity index is 880. The second kappa shape index (κ2) is 8.93. The van der Waals surface area contributed by atoms with Crippen LogP contribution in [0, 0.1) is 22.5 Å². The average molecular weight is 441 g/mol. The third kappa shape index (κ3) is 4.88. The van der Waals surface area contributed by atoms with Crippen LogP contribution in [0.1, 0.15) is 63.6 Å². The molecule has 3 nitrogen and oxygen atoms in total. The van der Waals surface area contributed by atoms with Crippen molar-refractivity contribution < 1.29 is 13.6 Å². The van der Waals surface area contributed by atoms with Gasteiger partial charge in [-0.05, 0) is 66.5 Å². The summed E-state index contributed by atoms with van der Waals surface area (Å²) in [6, 6.07) is 13.1. The Balaban J connectivity index is 1.50. The first kappa shape index (κ1) is 22.9. The van der Waals surface area contributed by atoms with Gasteiger partial charge >= 0.3 is 0 Å². The summed E-state index contributed by atoms with van der Waals surface area (Å²) >= 11 is 0. The molecule has 0 bridgehead atoms. The normalized spacial score (nSPS) is 19.3. The molecule has 0 radical (unpaired) electrons. The Morgan fingerprint density at radius 2 is 1.31 bits per heavy atom. The second-order valence-corrected chi connectivity index (χ2v) is 10.7. The number of piperidine rings is 1. The van der Waals surface area contributed by atoms with Gasteiger partial charge in [0.2, 0.25) is 5.91 Å². The van der Waals surface area contributed by atoms with Gasteiger partial charge in [0.15, 0.2) is 0 Å². The van der Waals surface area contributed by atoms with E-state index in [0.717, 1.165) is 63.0 Å². The highest BCUT2D eigenvalue weighted by Gasteiger charge is 2.48. The lowest BCUT2D eigenvalue weighted by Crippen LogP contribution is -2.46.